The van der Waals surface area contributed by atoms with Crippen molar-refractivity contribution in [3.8, 4) is 5.75 Å². The largest absolute Gasteiger partial charge is 0.494 e. The lowest BCUT2D eigenvalue weighted by Gasteiger charge is -2.36. The van der Waals surface area contributed by atoms with Crippen LogP contribution in [0.5, 0.6) is 5.75 Å². The summed E-state index contributed by atoms with van der Waals surface area (Å²) in [6, 6.07) is 6.40. The summed E-state index contributed by atoms with van der Waals surface area (Å²) in [7, 11) is 2.95. The molecule has 0 bridgehead atoms. The molecule has 2 N–H and O–H groups in total. The first-order chi connectivity index (χ1) is 22.5. The Kier molecular flexibility index (Phi) is 10.8. The predicted octanol–water partition coefficient (Wildman–Crippen LogP) is 5.43. The summed E-state index contributed by atoms with van der Waals surface area (Å²) in [5.74, 6) is 0.434. The summed E-state index contributed by atoms with van der Waals surface area (Å²) < 4.78 is 11.0. The van der Waals surface area contributed by atoms with Crippen molar-refractivity contribution in [2.45, 2.75) is 79.0 Å². The molecule has 4 rings (SSSR count). The van der Waals surface area contributed by atoms with E-state index >= 15 is 0 Å². The minimum atomic E-state index is -1.00. The van der Waals surface area contributed by atoms with Gasteiger partial charge in [0.05, 0.1) is 18.3 Å². The average molecular weight is 663 g/mol. The first-order valence-corrected chi connectivity index (χ1v) is 15.9. The van der Waals surface area contributed by atoms with E-state index in [0.717, 1.165) is 4.90 Å². The number of rotatable bonds is 8. The summed E-state index contributed by atoms with van der Waals surface area (Å²) in [6.07, 6.45) is 3.36. The fraction of sp³-hybridized carbons (Fsp3) is 0.500. The molecule has 5 amide bonds. The highest BCUT2D eigenvalue weighted by molar-refractivity contribution is 6.04. The Morgan fingerprint density at radius 2 is 1.79 bits per heavy atom. The van der Waals surface area contributed by atoms with Crippen LogP contribution in [0.1, 0.15) is 61.3 Å². The minimum absolute atomic E-state index is 0.0759. The third kappa shape index (κ3) is 8.66. The summed E-state index contributed by atoms with van der Waals surface area (Å²) >= 11 is 0. The molecule has 258 valence electrons. The molecule has 3 aromatic rings. The average Bonchev–Trinajstić information content (AvgIpc) is 3.52. The molecule has 2 atom stereocenters. The summed E-state index contributed by atoms with van der Waals surface area (Å²) in [4.78, 5) is 71.4. The molecule has 3 heterocycles. The van der Waals surface area contributed by atoms with Crippen molar-refractivity contribution >= 4 is 52.2 Å². The van der Waals surface area contributed by atoms with Crippen LogP contribution in [-0.4, -0.2) is 98.5 Å². The Hall–Kier alpha value is -5.01. The second kappa shape index (κ2) is 14.4. The van der Waals surface area contributed by atoms with E-state index < -0.39 is 47.0 Å². The molecule has 1 aliphatic rings. The van der Waals surface area contributed by atoms with Crippen LogP contribution in [0, 0.1) is 5.41 Å². The number of anilines is 3. The minimum Gasteiger partial charge on any atom is -0.494 e. The fourth-order valence-corrected chi connectivity index (χ4v) is 5.24. The Morgan fingerprint density at radius 3 is 2.42 bits per heavy atom. The molecule has 2 unspecified atom stereocenters. The Bertz CT molecular complexity index is 1650. The number of fused-ring (bicyclic) bond motifs is 1. The second-order valence-corrected chi connectivity index (χ2v) is 14.0. The van der Waals surface area contributed by atoms with Crippen molar-refractivity contribution in [2.24, 2.45) is 5.41 Å². The number of urea groups is 1. The lowest BCUT2D eigenvalue weighted by Crippen LogP contribution is -2.57. The van der Waals surface area contributed by atoms with Gasteiger partial charge in [-0.25, -0.2) is 24.5 Å². The predicted molar refractivity (Wildman–Crippen MR) is 182 cm³/mol. The molecule has 1 saturated heterocycles. The normalized spacial score (nSPS) is 15.4. The zero-order valence-corrected chi connectivity index (χ0v) is 29.2. The molecule has 0 spiro atoms. The van der Waals surface area contributed by atoms with E-state index in [-0.39, 0.29) is 13.1 Å². The molecule has 1 fully saturated rings. The number of carbonyl (C=O) groups excluding carboxylic acids is 4. The van der Waals surface area contributed by atoms with Gasteiger partial charge in [-0.05, 0) is 64.2 Å². The van der Waals surface area contributed by atoms with Crippen molar-refractivity contribution < 1.29 is 28.7 Å². The number of nitrogens with one attached hydrogen (secondary N) is 2. The number of imide groups is 1. The first kappa shape index (κ1) is 35.8. The zero-order chi connectivity index (χ0) is 35.4. The van der Waals surface area contributed by atoms with E-state index in [2.05, 4.69) is 25.6 Å². The van der Waals surface area contributed by atoms with E-state index in [9.17, 15) is 19.2 Å². The number of amides is 5. The zero-order valence-electron chi connectivity index (χ0n) is 29.2. The molecule has 48 heavy (non-hydrogen) atoms. The highest BCUT2D eigenvalue weighted by Crippen LogP contribution is 2.34. The van der Waals surface area contributed by atoms with Gasteiger partial charge in [-0.1, -0.05) is 26.8 Å². The number of aromatic nitrogens is 3. The smallest absolute Gasteiger partial charge is 0.410 e. The van der Waals surface area contributed by atoms with Gasteiger partial charge in [0.2, 0.25) is 5.91 Å². The van der Waals surface area contributed by atoms with Crippen LogP contribution >= 0.6 is 0 Å². The molecule has 0 aliphatic carbocycles. The van der Waals surface area contributed by atoms with Crippen LogP contribution < -0.4 is 15.4 Å². The lowest BCUT2D eigenvalue weighted by atomic mass is 9.95. The highest BCUT2D eigenvalue weighted by Gasteiger charge is 2.41. The summed E-state index contributed by atoms with van der Waals surface area (Å²) in [6.45, 7) is 12.8. The molecule has 1 aliphatic heterocycles. The van der Waals surface area contributed by atoms with Gasteiger partial charge in [0.1, 0.15) is 41.4 Å². The molecule has 0 radical (unpaired) electrons. The molecule has 14 nitrogen and oxygen atoms in total. The number of hydrogen-bond donors (Lipinski definition) is 2. The number of pyridine rings is 1. The van der Waals surface area contributed by atoms with E-state index in [1.165, 1.54) is 30.3 Å². The van der Waals surface area contributed by atoms with E-state index in [0.29, 0.717) is 46.8 Å². The van der Waals surface area contributed by atoms with Crippen LogP contribution in [-0.2, 0) is 14.3 Å². The molecule has 14 heteroatoms. The van der Waals surface area contributed by atoms with Crippen LogP contribution in [0.25, 0.3) is 10.9 Å². The summed E-state index contributed by atoms with van der Waals surface area (Å²) in [5.41, 5.74) is -0.279. The van der Waals surface area contributed by atoms with E-state index in [1.54, 1.807) is 58.2 Å². The molecule has 1 aromatic carbocycles. The van der Waals surface area contributed by atoms with Crippen molar-refractivity contribution in [2.75, 3.05) is 37.9 Å². The third-order valence-electron chi connectivity index (χ3n) is 7.68. The number of methoxy groups -OCH3 is 1. The number of carbonyl (C=O) groups is 4. The Balaban J connectivity index is 1.59. The first-order valence-electron chi connectivity index (χ1n) is 15.9. The maximum absolute atomic E-state index is 14.1. The van der Waals surface area contributed by atoms with E-state index in [1.807, 2.05) is 26.8 Å². The number of benzene rings is 1. The second-order valence-electron chi connectivity index (χ2n) is 14.0. The molecular formula is C34H46N8O6. The van der Waals surface area contributed by atoms with Gasteiger partial charge < -0.3 is 25.0 Å². The van der Waals surface area contributed by atoms with Crippen LogP contribution in [0.4, 0.5) is 26.9 Å². The highest BCUT2D eigenvalue weighted by atomic mass is 16.6. The number of likely N-dealkylation sites (N-methyl/N-ethyl adjacent to an activating group) is 1. The third-order valence-corrected chi connectivity index (χ3v) is 7.68. The van der Waals surface area contributed by atoms with E-state index in [4.69, 9.17) is 9.47 Å². The van der Waals surface area contributed by atoms with Crippen LogP contribution in [0.3, 0.4) is 0 Å². The Morgan fingerprint density at radius 1 is 1.06 bits per heavy atom. The maximum atomic E-state index is 14.1. The van der Waals surface area contributed by atoms with Gasteiger partial charge in [-0.3, -0.25) is 19.4 Å². The SMILES string of the molecule is COc1cc2ncnc(Nc3ccccn3)c2cc1NC(=O)C1CCCN1C(=O)N(CC(C)(C)C)C(=O)C(C)N(C)C(=O)OC(C)(C)C. The maximum Gasteiger partial charge on any atom is 0.410 e. The standard InChI is InChI=1S/C34H46N8O6/c1-21(40(8)32(46)48-34(5,6)7)30(44)42(19-33(2,3)4)31(45)41-16-12-13-25(41)29(43)38-24-17-22-23(18-26(24)47-9)36-20-37-28(22)39-27-14-10-11-15-35-27/h10-11,14-15,17-18,20-21,25H,12-13,16,19H2,1-9H3,(H,38,43)(H,35,36,37,39). The fourth-order valence-electron chi connectivity index (χ4n) is 5.24. The number of likely N-dealkylation sites (tertiary alicyclic amines) is 1. The number of nitrogens with zero attached hydrogens (tertiary/aromatic N) is 6. The van der Waals surface area contributed by atoms with Gasteiger partial charge in [0.15, 0.2) is 0 Å². The molecular weight excluding hydrogens is 616 g/mol. The van der Waals surface area contributed by atoms with Crippen molar-refractivity contribution in [1.29, 1.82) is 0 Å². The Labute approximate surface area is 281 Å². The van der Waals surface area contributed by atoms with Crippen molar-refractivity contribution in [3.63, 3.8) is 0 Å². The van der Waals surface area contributed by atoms with Gasteiger partial charge in [0.25, 0.3) is 5.91 Å². The summed E-state index contributed by atoms with van der Waals surface area (Å²) in [5, 5.41) is 6.73. The van der Waals surface area contributed by atoms with Gasteiger partial charge in [-0.15, -0.1) is 0 Å². The van der Waals surface area contributed by atoms with Gasteiger partial charge >= 0.3 is 12.1 Å². The quantitative estimate of drug-likeness (QED) is 0.319. The monoisotopic (exact) mass is 662 g/mol. The number of hydrogen-bond acceptors (Lipinski definition) is 10. The number of ether oxygens (including phenoxy) is 2. The topological polar surface area (TPSA) is 159 Å². The molecule has 0 saturated carbocycles. The van der Waals surface area contributed by atoms with Crippen LogP contribution in [0.2, 0.25) is 0 Å². The lowest BCUT2D eigenvalue weighted by molar-refractivity contribution is -0.135. The van der Waals surface area contributed by atoms with Crippen molar-refractivity contribution in [3.05, 3.63) is 42.9 Å². The van der Waals surface area contributed by atoms with Gasteiger partial charge in [0, 0.05) is 37.8 Å². The molecule has 2 aromatic heterocycles. The van der Waals surface area contributed by atoms with Crippen LogP contribution in [0.15, 0.2) is 42.9 Å². The van der Waals surface area contributed by atoms with Crippen molar-refractivity contribution in [1.82, 2.24) is 29.7 Å². The van der Waals surface area contributed by atoms with Gasteiger partial charge in [-0.2, -0.15) is 0 Å².